The number of carbonyl (C=O) groups is 3. The average Bonchev–Trinajstić information content (AvgIpc) is 3.26. The molecule has 0 aliphatic heterocycles. The van der Waals surface area contributed by atoms with E-state index in [9.17, 15) is 14.4 Å². The zero-order valence-corrected chi connectivity index (χ0v) is 42.5. The fourth-order valence-electron chi connectivity index (χ4n) is 8.49. The van der Waals surface area contributed by atoms with E-state index in [1.54, 1.807) is 0 Å². The van der Waals surface area contributed by atoms with E-state index in [1.807, 2.05) is 0 Å². The molecule has 6 heteroatoms. The first-order valence-electron chi connectivity index (χ1n) is 27.8. The summed E-state index contributed by atoms with van der Waals surface area (Å²) in [6.07, 6.45) is 50.9. The van der Waals surface area contributed by atoms with Crippen molar-refractivity contribution in [3.8, 4) is 0 Å². The van der Waals surface area contributed by atoms with E-state index in [2.05, 4.69) is 34.6 Å². The van der Waals surface area contributed by atoms with Crippen LogP contribution >= 0.6 is 0 Å². The molecule has 0 aromatic heterocycles. The second-order valence-electron chi connectivity index (χ2n) is 19.9. The van der Waals surface area contributed by atoms with E-state index in [0.29, 0.717) is 19.3 Å². The van der Waals surface area contributed by atoms with E-state index < -0.39 is 6.10 Å². The lowest BCUT2D eigenvalue weighted by Gasteiger charge is -2.18. The van der Waals surface area contributed by atoms with Crippen LogP contribution in [0.3, 0.4) is 0 Å². The van der Waals surface area contributed by atoms with Crippen molar-refractivity contribution in [2.24, 2.45) is 11.8 Å². The Bertz CT molecular complexity index is 949. The highest BCUT2D eigenvalue weighted by Gasteiger charge is 2.19. The fraction of sp³-hybridized carbons (Fsp3) is 0.946. The Morgan fingerprint density at radius 3 is 0.919 bits per heavy atom. The molecule has 0 radical (unpaired) electrons. The van der Waals surface area contributed by atoms with Gasteiger partial charge in [-0.3, -0.25) is 14.4 Å². The maximum Gasteiger partial charge on any atom is 0.306 e. The number of hydrogen-bond acceptors (Lipinski definition) is 6. The predicted molar refractivity (Wildman–Crippen MR) is 266 cm³/mol. The maximum absolute atomic E-state index is 12.8. The summed E-state index contributed by atoms with van der Waals surface area (Å²) in [6.45, 7) is 11.4. The van der Waals surface area contributed by atoms with Gasteiger partial charge in [0.2, 0.25) is 0 Å². The van der Waals surface area contributed by atoms with Crippen molar-refractivity contribution >= 4 is 17.9 Å². The molecule has 0 N–H and O–H groups in total. The van der Waals surface area contributed by atoms with Gasteiger partial charge < -0.3 is 14.2 Å². The highest BCUT2D eigenvalue weighted by Crippen LogP contribution is 2.18. The number of esters is 3. The second kappa shape index (κ2) is 48.9. The van der Waals surface area contributed by atoms with Gasteiger partial charge in [0, 0.05) is 19.3 Å². The highest BCUT2D eigenvalue weighted by atomic mass is 16.6. The van der Waals surface area contributed by atoms with Gasteiger partial charge in [0.25, 0.3) is 0 Å². The quantitative estimate of drug-likeness (QED) is 0.0344. The zero-order valence-electron chi connectivity index (χ0n) is 42.5. The Balaban J connectivity index is 4.26. The molecule has 0 spiro atoms. The van der Waals surface area contributed by atoms with Gasteiger partial charge in [-0.15, -0.1) is 0 Å². The average molecular weight is 877 g/mol. The molecule has 62 heavy (non-hydrogen) atoms. The molecule has 0 aromatic rings. The van der Waals surface area contributed by atoms with Crippen molar-refractivity contribution in [1.82, 2.24) is 0 Å². The third kappa shape index (κ3) is 47.9. The summed E-state index contributed by atoms with van der Waals surface area (Å²) in [5, 5.41) is 0. The van der Waals surface area contributed by atoms with Gasteiger partial charge in [0.15, 0.2) is 6.10 Å². The predicted octanol–water partition coefficient (Wildman–Crippen LogP) is 18.1. The van der Waals surface area contributed by atoms with Gasteiger partial charge in [-0.05, 0) is 31.1 Å². The lowest BCUT2D eigenvalue weighted by atomic mass is 10.00. The van der Waals surface area contributed by atoms with Gasteiger partial charge in [-0.1, -0.05) is 272 Å². The van der Waals surface area contributed by atoms with Crippen LogP contribution in [-0.4, -0.2) is 37.2 Å². The van der Waals surface area contributed by atoms with Crippen LogP contribution in [-0.2, 0) is 28.6 Å². The normalized spacial score (nSPS) is 12.5. The summed E-state index contributed by atoms with van der Waals surface area (Å²) in [6, 6.07) is 0. The first kappa shape index (κ1) is 60.4. The first-order valence-corrected chi connectivity index (χ1v) is 27.8. The topological polar surface area (TPSA) is 78.9 Å². The lowest BCUT2D eigenvalue weighted by Crippen LogP contribution is -2.30. The van der Waals surface area contributed by atoms with Crippen LogP contribution in [0.1, 0.15) is 311 Å². The molecule has 1 unspecified atom stereocenters. The molecule has 0 aliphatic rings. The van der Waals surface area contributed by atoms with E-state index in [4.69, 9.17) is 14.2 Å². The molecule has 368 valence electrons. The number of hydrogen-bond donors (Lipinski definition) is 0. The number of unbranched alkanes of at least 4 members (excludes halogenated alkanes) is 34. The molecule has 0 rings (SSSR count). The summed E-state index contributed by atoms with van der Waals surface area (Å²) >= 11 is 0. The van der Waals surface area contributed by atoms with Gasteiger partial charge in [-0.2, -0.15) is 0 Å². The van der Waals surface area contributed by atoms with Crippen LogP contribution in [0.15, 0.2) is 0 Å². The Morgan fingerprint density at radius 2 is 0.613 bits per heavy atom. The molecule has 0 amide bonds. The van der Waals surface area contributed by atoms with E-state index >= 15 is 0 Å². The maximum atomic E-state index is 12.8. The minimum atomic E-state index is -0.762. The van der Waals surface area contributed by atoms with E-state index in [1.165, 1.54) is 199 Å². The molecule has 0 heterocycles. The van der Waals surface area contributed by atoms with Crippen molar-refractivity contribution in [2.75, 3.05) is 13.2 Å². The summed E-state index contributed by atoms with van der Waals surface area (Å²) < 4.78 is 16.8. The largest absolute Gasteiger partial charge is 0.462 e. The van der Waals surface area contributed by atoms with Crippen molar-refractivity contribution < 1.29 is 28.6 Å². The first-order chi connectivity index (χ1) is 30.3. The standard InChI is InChI=1S/C56H108O6/c1-6-8-9-10-11-12-13-14-17-21-24-27-30-36-41-46-54(57)60-49-53(50-61-55(58)47-42-37-33-32-35-40-45-52(5)7-2)62-56(59)48-43-38-31-28-25-22-19-16-15-18-20-23-26-29-34-39-44-51(3)4/h51-53H,6-50H2,1-5H3/t52?,53-/m1/s1. The third-order valence-corrected chi connectivity index (χ3v) is 13.1. The van der Waals surface area contributed by atoms with Crippen molar-refractivity contribution in [2.45, 2.75) is 317 Å². The molecular formula is C56H108O6. The molecule has 0 saturated heterocycles. The number of rotatable bonds is 50. The Labute approximate surface area is 387 Å². The van der Waals surface area contributed by atoms with Gasteiger partial charge in [0.05, 0.1) is 0 Å². The smallest absolute Gasteiger partial charge is 0.306 e. The summed E-state index contributed by atoms with van der Waals surface area (Å²) in [5.74, 6) is 0.820. The van der Waals surface area contributed by atoms with Gasteiger partial charge in [0.1, 0.15) is 13.2 Å². The minimum absolute atomic E-state index is 0.0637. The molecule has 0 fully saturated rings. The third-order valence-electron chi connectivity index (χ3n) is 13.1. The highest BCUT2D eigenvalue weighted by molar-refractivity contribution is 5.71. The van der Waals surface area contributed by atoms with E-state index in [0.717, 1.165) is 69.6 Å². The molecule has 6 nitrogen and oxygen atoms in total. The fourth-order valence-corrected chi connectivity index (χ4v) is 8.49. The molecule has 0 saturated carbocycles. The summed E-state index contributed by atoms with van der Waals surface area (Å²) in [7, 11) is 0. The SMILES string of the molecule is CCCCCCCCCCCCCCCCCC(=O)OC[C@H](COC(=O)CCCCCCCCC(C)CC)OC(=O)CCCCCCCCCCCCCCCCCCC(C)C. The molecular weight excluding hydrogens is 769 g/mol. The minimum Gasteiger partial charge on any atom is -0.462 e. The monoisotopic (exact) mass is 877 g/mol. The van der Waals surface area contributed by atoms with Crippen LogP contribution in [0.5, 0.6) is 0 Å². The number of ether oxygens (including phenoxy) is 3. The van der Waals surface area contributed by atoms with Gasteiger partial charge >= 0.3 is 17.9 Å². The van der Waals surface area contributed by atoms with Crippen molar-refractivity contribution in [3.05, 3.63) is 0 Å². The van der Waals surface area contributed by atoms with Crippen molar-refractivity contribution in [1.29, 1.82) is 0 Å². The van der Waals surface area contributed by atoms with Crippen LogP contribution in [0.2, 0.25) is 0 Å². The zero-order chi connectivity index (χ0) is 45.4. The van der Waals surface area contributed by atoms with Crippen LogP contribution < -0.4 is 0 Å². The molecule has 0 aliphatic carbocycles. The Hall–Kier alpha value is -1.59. The Kier molecular flexibility index (Phi) is 47.6. The summed E-state index contributed by atoms with van der Waals surface area (Å²) in [5.41, 5.74) is 0. The number of carbonyl (C=O) groups excluding carboxylic acids is 3. The van der Waals surface area contributed by atoms with Gasteiger partial charge in [-0.25, -0.2) is 0 Å². The molecule has 2 atom stereocenters. The lowest BCUT2D eigenvalue weighted by molar-refractivity contribution is -0.167. The molecule has 0 aromatic carbocycles. The van der Waals surface area contributed by atoms with Crippen LogP contribution in [0.4, 0.5) is 0 Å². The van der Waals surface area contributed by atoms with Crippen molar-refractivity contribution in [3.63, 3.8) is 0 Å². The van der Waals surface area contributed by atoms with Crippen LogP contribution in [0.25, 0.3) is 0 Å². The van der Waals surface area contributed by atoms with Crippen LogP contribution in [0, 0.1) is 11.8 Å². The Morgan fingerprint density at radius 1 is 0.339 bits per heavy atom. The molecule has 0 bridgehead atoms. The van der Waals surface area contributed by atoms with E-state index in [-0.39, 0.29) is 31.1 Å². The summed E-state index contributed by atoms with van der Waals surface area (Å²) in [4.78, 5) is 38.0. The second-order valence-corrected chi connectivity index (χ2v) is 19.9.